The molecule has 1 fully saturated rings. The SMILES string of the molecule is CC(C)CC1C(=O)NCCCCCC(=O)NCCSCCNC(=O)CCCC(=O)N1Cc1ccccc1. The molecule has 1 heterocycles. The highest BCUT2D eigenvalue weighted by Crippen LogP contribution is 2.18. The minimum atomic E-state index is -0.581. The molecule has 1 aliphatic rings. The number of thioether (sulfide) groups is 1. The minimum absolute atomic E-state index is 0.0483. The number of nitrogens with zero attached hydrogens (tertiary/aromatic N) is 1. The molecule has 1 aliphatic heterocycles. The van der Waals surface area contributed by atoms with Gasteiger partial charge in [0.05, 0.1) is 0 Å². The second-order valence-corrected chi connectivity index (χ2v) is 11.1. The number of rotatable bonds is 4. The maximum Gasteiger partial charge on any atom is 0.242 e. The van der Waals surface area contributed by atoms with E-state index >= 15 is 0 Å². The smallest absolute Gasteiger partial charge is 0.242 e. The molecule has 1 atom stereocenters. The summed E-state index contributed by atoms with van der Waals surface area (Å²) in [6, 6.07) is 9.12. The van der Waals surface area contributed by atoms with E-state index in [0.29, 0.717) is 45.4 Å². The maximum atomic E-state index is 13.4. The van der Waals surface area contributed by atoms with Gasteiger partial charge in [0.2, 0.25) is 23.6 Å². The van der Waals surface area contributed by atoms with E-state index in [2.05, 4.69) is 16.0 Å². The summed E-state index contributed by atoms with van der Waals surface area (Å²) in [4.78, 5) is 52.7. The number of hydrogen-bond acceptors (Lipinski definition) is 5. The Hall–Kier alpha value is -2.55. The van der Waals surface area contributed by atoms with Gasteiger partial charge >= 0.3 is 0 Å². The summed E-state index contributed by atoms with van der Waals surface area (Å²) < 4.78 is 0. The first kappa shape index (κ1) is 30.7. The number of carbonyl (C=O) groups is 4. The third-order valence-corrected chi connectivity index (χ3v) is 7.19. The molecule has 37 heavy (non-hydrogen) atoms. The van der Waals surface area contributed by atoms with E-state index < -0.39 is 6.04 Å². The fourth-order valence-corrected chi connectivity index (χ4v) is 4.94. The first-order chi connectivity index (χ1) is 17.9. The van der Waals surface area contributed by atoms with Crippen LogP contribution in [-0.2, 0) is 25.7 Å². The minimum Gasteiger partial charge on any atom is -0.355 e. The highest BCUT2D eigenvalue weighted by Gasteiger charge is 2.30. The van der Waals surface area contributed by atoms with Crippen LogP contribution in [0.15, 0.2) is 30.3 Å². The molecule has 8 nitrogen and oxygen atoms in total. The lowest BCUT2D eigenvalue weighted by Gasteiger charge is -2.32. The lowest BCUT2D eigenvalue weighted by Crippen LogP contribution is -2.50. The van der Waals surface area contributed by atoms with Crippen molar-refractivity contribution in [1.82, 2.24) is 20.9 Å². The monoisotopic (exact) mass is 532 g/mol. The fraction of sp³-hybridized carbons (Fsp3) is 0.643. The van der Waals surface area contributed by atoms with Gasteiger partial charge in [-0.05, 0) is 37.2 Å². The molecule has 0 radical (unpaired) electrons. The first-order valence-corrected chi connectivity index (χ1v) is 14.7. The van der Waals surface area contributed by atoms with E-state index in [0.717, 1.165) is 36.3 Å². The quantitative estimate of drug-likeness (QED) is 0.552. The normalized spacial score (nSPS) is 20.8. The van der Waals surface area contributed by atoms with Crippen molar-refractivity contribution in [1.29, 1.82) is 0 Å². The summed E-state index contributed by atoms with van der Waals surface area (Å²) in [5.41, 5.74) is 0.965. The molecule has 206 valence electrons. The van der Waals surface area contributed by atoms with Crippen LogP contribution in [0, 0.1) is 5.92 Å². The molecule has 0 saturated carbocycles. The van der Waals surface area contributed by atoms with Gasteiger partial charge in [-0.3, -0.25) is 19.2 Å². The van der Waals surface area contributed by atoms with Crippen molar-refractivity contribution in [2.75, 3.05) is 31.1 Å². The van der Waals surface area contributed by atoms with E-state index in [1.165, 1.54) is 0 Å². The number of amides is 4. The first-order valence-electron chi connectivity index (χ1n) is 13.6. The van der Waals surface area contributed by atoms with Crippen molar-refractivity contribution in [3.63, 3.8) is 0 Å². The summed E-state index contributed by atoms with van der Waals surface area (Å²) in [5, 5.41) is 8.87. The topological polar surface area (TPSA) is 108 Å². The van der Waals surface area contributed by atoms with Gasteiger partial charge in [0.1, 0.15) is 6.04 Å². The average molecular weight is 533 g/mol. The Bertz CT molecular complexity index is 850. The Labute approximate surface area is 226 Å². The summed E-state index contributed by atoms with van der Waals surface area (Å²) in [5.74, 6) is 1.52. The molecule has 4 amide bonds. The molecule has 9 heteroatoms. The standard InChI is InChI=1S/C28H44N4O4S/c1-22(2)20-24-28(36)31-15-8-4-7-12-25(33)29-16-18-37-19-17-30-26(34)13-9-14-27(35)32(24)21-23-10-5-3-6-11-23/h3,5-6,10-11,22,24H,4,7-9,12-21H2,1-2H3,(H,29,33)(H,30,34)(H,31,36). The maximum absolute atomic E-state index is 13.4. The molecular weight excluding hydrogens is 488 g/mol. The number of nitrogens with one attached hydrogen (secondary N) is 3. The average Bonchev–Trinajstić information content (AvgIpc) is 2.87. The Morgan fingerprint density at radius 3 is 2.11 bits per heavy atom. The Kier molecular flexibility index (Phi) is 14.8. The van der Waals surface area contributed by atoms with Gasteiger partial charge in [-0.15, -0.1) is 0 Å². The fourth-order valence-electron chi connectivity index (χ4n) is 4.24. The highest BCUT2D eigenvalue weighted by molar-refractivity contribution is 7.99. The van der Waals surface area contributed by atoms with Gasteiger partial charge in [-0.2, -0.15) is 11.8 Å². The Balaban J connectivity index is 2.12. The van der Waals surface area contributed by atoms with Crippen LogP contribution in [0.5, 0.6) is 0 Å². The van der Waals surface area contributed by atoms with E-state index in [1.54, 1.807) is 16.7 Å². The zero-order valence-corrected chi connectivity index (χ0v) is 23.2. The van der Waals surface area contributed by atoms with Gasteiger partial charge in [-0.1, -0.05) is 50.6 Å². The Morgan fingerprint density at radius 1 is 0.811 bits per heavy atom. The zero-order chi connectivity index (χ0) is 26.9. The highest BCUT2D eigenvalue weighted by atomic mass is 32.2. The molecule has 1 aromatic carbocycles. The van der Waals surface area contributed by atoms with Crippen molar-refractivity contribution in [3.05, 3.63) is 35.9 Å². The van der Waals surface area contributed by atoms with E-state index in [9.17, 15) is 19.2 Å². The third kappa shape index (κ3) is 13.0. The second kappa shape index (κ2) is 17.8. The zero-order valence-electron chi connectivity index (χ0n) is 22.4. The molecule has 3 N–H and O–H groups in total. The van der Waals surface area contributed by atoms with Gasteiger partial charge in [0.25, 0.3) is 0 Å². The van der Waals surface area contributed by atoms with E-state index in [4.69, 9.17) is 0 Å². The summed E-state index contributed by atoms with van der Waals surface area (Å²) >= 11 is 1.69. The lowest BCUT2D eigenvalue weighted by atomic mass is 9.99. The van der Waals surface area contributed by atoms with E-state index in [1.807, 2.05) is 44.2 Å². The molecule has 0 spiro atoms. The summed E-state index contributed by atoms with van der Waals surface area (Å²) in [6.45, 7) is 6.14. The largest absolute Gasteiger partial charge is 0.355 e. The molecular formula is C28H44N4O4S. The molecule has 0 aromatic heterocycles. The van der Waals surface area contributed by atoms with E-state index in [-0.39, 0.29) is 42.4 Å². The van der Waals surface area contributed by atoms with Gasteiger partial charge < -0.3 is 20.9 Å². The van der Waals surface area contributed by atoms with Crippen molar-refractivity contribution < 1.29 is 19.2 Å². The van der Waals surface area contributed by atoms with Crippen LogP contribution in [-0.4, -0.2) is 65.7 Å². The number of carbonyl (C=O) groups excluding carboxylic acids is 4. The summed E-state index contributed by atoms with van der Waals surface area (Å²) in [7, 11) is 0. The van der Waals surface area contributed by atoms with Gasteiger partial charge in [0.15, 0.2) is 0 Å². The molecule has 0 aliphatic carbocycles. The van der Waals surface area contributed by atoms with Crippen molar-refractivity contribution in [2.24, 2.45) is 5.92 Å². The lowest BCUT2D eigenvalue weighted by molar-refractivity contribution is -0.142. The summed E-state index contributed by atoms with van der Waals surface area (Å²) in [6.07, 6.45) is 4.37. The van der Waals surface area contributed by atoms with Crippen LogP contribution in [0.25, 0.3) is 0 Å². The van der Waals surface area contributed by atoms with Crippen LogP contribution >= 0.6 is 11.8 Å². The molecule has 2 rings (SSSR count). The van der Waals surface area contributed by atoms with Crippen molar-refractivity contribution in [2.45, 2.75) is 77.8 Å². The number of benzene rings is 1. The second-order valence-electron chi connectivity index (χ2n) is 9.92. The molecule has 1 saturated heterocycles. The Morgan fingerprint density at radius 2 is 1.46 bits per heavy atom. The van der Waals surface area contributed by atoms with Crippen LogP contribution in [0.3, 0.4) is 0 Å². The number of hydrogen-bond donors (Lipinski definition) is 3. The van der Waals surface area contributed by atoms with Gasteiger partial charge in [-0.25, -0.2) is 0 Å². The predicted molar refractivity (Wildman–Crippen MR) is 149 cm³/mol. The van der Waals surface area contributed by atoms with Crippen LogP contribution in [0.2, 0.25) is 0 Å². The molecule has 0 bridgehead atoms. The van der Waals surface area contributed by atoms with Crippen LogP contribution in [0.1, 0.15) is 70.8 Å². The molecule has 1 unspecified atom stereocenters. The third-order valence-electron chi connectivity index (χ3n) is 6.20. The molecule has 1 aromatic rings. The van der Waals surface area contributed by atoms with Crippen molar-refractivity contribution >= 4 is 35.4 Å². The van der Waals surface area contributed by atoms with Crippen LogP contribution in [0.4, 0.5) is 0 Å². The predicted octanol–water partition coefficient (Wildman–Crippen LogP) is 3.26. The van der Waals surface area contributed by atoms with Crippen LogP contribution < -0.4 is 16.0 Å². The van der Waals surface area contributed by atoms with Gasteiger partial charge in [0, 0.05) is 56.9 Å². The van der Waals surface area contributed by atoms with Crippen molar-refractivity contribution in [3.8, 4) is 0 Å².